The van der Waals surface area contributed by atoms with Gasteiger partial charge in [0.25, 0.3) is 0 Å². The zero-order valence-corrected chi connectivity index (χ0v) is 12.7. The number of esters is 1. The van der Waals surface area contributed by atoms with Gasteiger partial charge < -0.3 is 9.30 Å². The van der Waals surface area contributed by atoms with Gasteiger partial charge in [0.1, 0.15) is 0 Å². The van der Waals surface area contributed by atoms with Gasteiger partial charge in [0.15, 0.2) is 6.29 Å². The van der Waals surface area contributed by atoms with Crippen LogP contribution in [-0.2, 0) is 4.74 Å². The van der Waals surface area contributed by atoms with Crippen LogP contribution in [0.15, 0.2) is 30.3 Å². The molecule has 0 amide bonds. The van der Waals surface area contributed by atoms with Gasteiger partial charge in [0, 0.05) is 17.0 Å². The average molecular weight is 285 g/mol. The van der Waals surface area contributed by atoms with E-state index in [9.17, 15) is 9.59 Å². The van der Waals surface area contributed by atoms with Crippen LogP contribution < -0.4 is 0 Å². The van der Waals surface area contributed by atoms with Crippen LogP contribution in [0.1, 0.15) is 46.0 Å². The summed E-state index contributed by atoms with van der Waals surface area (Å²) in [7, 11) is 0. The van der Waals surface area contributed by atoms with Crippen molar-refractivity contribution in [2.75, 3.05) is 0 Å². The van der Waals surface area contributed by atoms with Gasteiger partial charge in [-0.1, -0.05) is 12.1 Å². The van der Waals surface area contributed by atoms with E-state index < -0.39 is 0 Å². The van der Waals surface area contributed by atoms with Crippen molar-refractivity contribution in [2.45, 2.75) is 33.8 Å². The van der Waals surface area contributed by atoms with Crippen LogP contribution in [-0.4, -0.2) is 22.9 Å². The molecule has 2 rings (SSSR count). The lowest BCUT2D eigenvalue weighted by atomic mass is 10.1. The van der Waals surface area contributed by atoms with Gasteiger partial charge in [-0.15, -0.1) is 0 Å². The number of carbonyl (C=O) groups excluding carboxylic acids is 2. The maximum atomic E-state index is 12.2. The number of aryl methyl sites for hydroxylation is 1. The molecule has 0 atom stereocenters. The Morgan fingerprint density at radius 3 is 2.48 bits per heavy atom. The van der Waals surface area contributed by atoms with Crippen molar-refractivity contribution in [1.29, 1.82) is 0 Å². The summed E-state index contributed by atoms with van der Waals surface area (Å²) >= 11 is 0. The van der Waals surface area contributed by atoms with E-state index in [-0.39, 0.29) is 12.1 Å². The second kappa shape index (κ2) is 5.95. The van der Waals surface area contributed by atoms with Crippen LogP contribution in [0.25, 0.3) is 5.69 Å². The lowest BCUT2D eigenvalue weighted by Gasteiger charge is -2.15. The van der Waals surface area contributed by atoms with Crippen LogP contribution in [0.4, 0.5) is 0 Å². The number of aldehydes is 1. The van der Waals surface area contributed by atoms with Gasteiger partial charge in [0.05, 0.1) is 17.4 Å². The maximum Gasteiger partial charge on any atom is 0.340 e. The van der Waals surface area contributed by atoms with Gasteiger partial charge in [0.2, 0.25) is 0 Å². The van der Waals surface area contributed by atoms with Gasteiger partial charge in [-0.2, -0.15) is 0 Å². The third kappa shape index (κ3) is 2.89. The Kier molecular flexibility index (Phi) is 4.26. The van der Waals surface area contributed by atoms with E-state index in [2.05, 4.69) is 0 Å². The van der Waals surface area contributed by atoms with E-state index in [0.717, 1.165) is 23.4 Å². The maximum absolute atomic E-state index is 12.2. The van der Waals surface area contributed by atoms with Crippen LogP contribution >= 0.6 is 0 Å². The Hall–Kier alpha value is -2.36. The van der Waals surface area contributed by atoms with Gasteiger partial charge in [-0.3, -0.25) is 4.79 Å². The number of aromatic nitrogens is 1. The molecule has 0 saturated carbocycles. The largest absolute Gasteiger partial charge is 0.459 e. The predicted octanol–water partition coefficient (Wildman–Crippen LogP) is 3.47. The summed E-state index contributed by atoms with van der Waals surface area (Å²) in [5.74, 6) is -0.360. The molecule has 0 bridgehead atoms. The normalized spacial score (nSPS) is 10.7. The Labute approximate surface area is 124 Å². The van der Waals surface area contributed by atoms with Crippen LogP contribution in [0.3, 0.4) is 0 Å². The number of carbonyl (C=O) groups is 2. The molecular formula is C17H19NO3. The molecule has 0 spiro atoms. The molecule has 0 aliphatic rings. The topological polar surface area (TPSA) is 48.3 Å². The molecule has 0 fully saturated rings. The first-order valence-electron chi connectivity index (χ1n) is 6.90. The molecule has 1 aromatic carbocycles. The van der Waals surface area contributed by atoms with E-state index in [1.807, 2.05) is 50.5 Å². The zero-order chi connectivity index (χ0) is 15.6. The van der Waals surface area contributed by atoms with Crippen LogP contribution in [0.5, 0.6) is 0 Å². The molecule has 1 heterocycles. The first-order valence-corrected chi connectivity index (χ1v) is 6.90. The second-order valence-corrected chi connectivity index (χ2v) is 5.25. The average Bonchev–Trinajstić information content (AvgIpc) is 2.72. The van der Waals surface area contributed by atoms with Crippen molar-refractivity contribution in [2.24, 2.45) is 0 Å². The minimum Gasteiger partial charge on any atom is -0.459 e. The fraction of sp³-hybridized carbons (Fsp3) is 0.294. The molecule has 110 valence electrons. The number of benzene rings is 1. The summed E-state index contributed by atoms with van der Waals surface area (Å²) in [5, 5.41) is 0. The fourth-order valence-corrected chi connectivity index (χ4v) is 2.40. The number of nitrogens with zero attached hydrogens (tertiary/aromatic N) is 1. The third-order valence-corrected chi connectivity index (χ3v) is 3.30. The predicted molar refractivity (Wildman–Crippen MR) is 81.2 cm³/mol. The van der Waals surface area contributed by atoms with Gasteiger partial charge in [-0.05, 0) is 45.9 Å². The van der Waals surface area contributed by atoms with Crippen molar-refractivity contribution >= 4 is 12.3 Å². The minimum atomic E-state index is -0.360. The van der Waals surface area contributed by atoms with E-state index in [0.29, 0.717) is 11.1 Å². The Balaban J connectivity index is 2.58. The first-order chi connectivity index (χ1) is 9.95. The van der Waals surface area contributed by atoms with Crippen molar-refractivity contribution < 1.29 is 14.3 Å². The second-order valence-electron chi connectivity index (χ2n) is 5.25. The van der Waals surface area contributed by atoms with E-state index in [1.54, 1.807) is 12.1 Å². The number of hydrogen-bond acceptors (Lipinski definition) is 3. The number of para-hydroxylation sites is 1. The van der Waals surface area contributed by atoms with Gasteiger partial charge >= 0.3 is 5.97 Å². The van der Waals surface area contributed by atoms with Crippen molar-refractivity contribution in [3.8, 4) is 5.69 Å². The minimum absolute atomic E-state index is 0.178. The van der Waals surface area contributed by atoms with Crippen molar-refractivity contribution in [1.82, 2.24) is 4.57 Å². The summed E-state index contributed by atoms with van der Waals surface area (Å²) in [5.41, 5.74) is 3.56. The third-order valence-electron chi connectivity index (χ3n) is 3.30. The summed E-state index contributed by atoms with van der Waals surface area (Å²) in [6.45, 7) is 7.40. The summed E-state index contributed by atoms with van der Waals surface area (Å²) in [6.07, 6.45) is 0.649. The molecular weight excluding hydrogens is 266 g/mol. The van der Waals surface area contributed by atoms with E-state index in [1.165, 1.54) is 0 Å². The molecule has 0 aliphatic heterocycles. The molecule has 0 aliphatic carbocycles. The molecule has 0 N–H and O–H groups in total. The summed E-state index contributed by atoms with van der Waals surface area (Å²) in [4.78, 5) is 23.3. The number of rotatable bonds is 4. The molecule has 2 aromatic rings. The molecule has 4 heteroatoms. The van der Waals surface area contributed by atoms with Crippen molar-refractivity contribution in [3.63, 3.8) is 0 Å². The summed E-state index contributed by atoms with van der Waals surface area (Å²) in [6, 6.07) is 9.06. The Bertz CT molecular complexity index is 683. The smallest absolute Gasteiger partial charge is 0.340 e. The highest BCUT2D eigenvalue weighted by molar-refractivity contribution is 5.94. The van der Waals surface area contributed by atoms with Crippen LogP contribution in [0, 0.1) is 13.8 Å². The Morgan fingerprint density at radius 1 is 1.24 bits per heavy atom. The quantitative estimate of drug-likeness (QED) is 0.638. The highest BCUT2D eigenvalue weighted by atomic mass is 16.5. The molecule has 0 radical (unpaired) electrons. The summed E-state index contributed by atoms with van der Waals surface area (Å²) < 4.78 is 7.19. The highest BCUT2D eigenvalue weighted by Gasteiger charge is 2.18. The van der Waals surface area contributed by atoms with E-state index >= 15 is 0 Å². The molecule has 21 heavy (non-hydrogen) atoms. The monoisotopic (exact) mass is 285 g/mol. The number of ether oxygens (including phenoxy) is 1. The molecule has 4 nitrogen and oxygen atoms in total. The number of hydrogen-bond donors (Lipinski definition) is 0. The lowest BCUT2D eigenvalue weighted by molar-refractivity contribution is 0.0378. The first kappa shape index (κ1) is 15.0. The fourth-order valence-electron chi connectivity index (χ4n) is 2.40. The SMILES string of the molecule is Cc1cc(C=O)c(C)n1-c1ccccc1C(=O)OC(C)C. The van der Waals surface area contributed by atoms with Crippen molar-refractivity contribution in [3.05, 3.63) is 52.8 Å². The lowest BCUT2D eigenvalue weighted by Crippen LogP contribution is -2.15. The van der Waals surface area contributed by atoms with E-state index in [4.69, 9.17) is 4.74 Å². The molecule has 0 unspecified atom stereocenters. The van der Waals surface area contributed by atoms with Crippen LogP contribution in [0.2, 0.25) is 0 Å². The Morgan fingerprint density at radius 2 is 1.90 bits per heavy atom. The molecule has 1 aromatic heterocycles. The highest BCUT2D eigenvalue weighted by Crippen LogP contribution is 2.23. The molecule has 0 saturated heterocycles. The zero-order valence-electron chi connectivity index (χ0n) is 12.7. The standard InChI is InChI=1S/C17H19NO3/c1-11(2)21-17(20)15-7-5-6-8-16(15)18-12(3)9-14(10-19)13(18)4/h5-11H,1-4H3. The van der Waals surface area contributed by atoms with Gasteiger partial charge in [-0.25, -0.2) is 4.79 Å².